The average Bonchev–Trinajstić information content (AvgIpc) is 2.80. The average molecular weight is 317 g/mol. The van der Waals surface area contributed by atoms with E-state index in [1.165, 1.54) is 5.56 Å². The molecule has 124 valence electrons. The van der Waals surface area contributed by atoms with Crippen molar-refractivity contribution in [3.8, 4) is 11.5 Å². The summed E-state index contributed by atoms with van der Waals surface area (Å²) in [6.45, 7) is 4.56. The summed E-state index contributed by atoms with van der Waals surface area (Å²) in [4.78, 5) is 12.3. The molecule has 0 saturated carbocycles. The van der Waals surface area contributed by atoms with Crippen molar-refractivity contribution in [3.63, 3.8) is 0 Å². The van der Waals surface area contributed by atoms with Crippen LogP contribution in [0.2, 0.25) is 0 Å². The third-order valence-corrected chi connectivity index (χ3v) is 3.93. The van der Waals surface area contributed by atoms with Gasteiger partial charge in [-0.2, -0.15) is 5.10 Å². The number of aromatic nitrogens is 2. The van der Waals surface area contributed by atoms with E-state index < -0.39 is 0 Å². The van der Waals surface area contributed by atoms with Crippen LogP contribution in [0.15, 0.2) is 18.2 Å². The second kappa shape index (κ2) is 7.17. The standard InChI is InChI=1S/C17H23N3O3/c1-11-16(12(2)20(3)19-11)6-7-18-17(21)13-8-14(22-4)10-15(9-13)23-5/h8-10H,6-7H2,1-5H3,(H,18,21). The van der Waals surface area contributed by atoms with Gasteiger partial charge >= 0.3 is 0 Å². The molecule has 1 N–H and O–H groups in total. The van der Waals surface area contributed by atoms with Crippen LogP contribution in [0.4, 0.5) is 0 Å². The summed E-state index contributed by atoms with van der Waals surface area (Å²) in [5.74, 6) is 1.03. The molecule has 23 heavy (non-hydrogen) atoms. The van der Waals surface area contributed by atoms with Gasteiger partial charge < -0.3 is 14.8 Å². The molecule has 0 fully saturated rings. The van der Waals surface area contributed by atoms with Gasteiger partial charge in [0.05, 0.1) is 19.9 Å². The highest BCUT2D eigenvalue weighted by Crippen LogP contribution is 2.22. The lowest BCUT2D eigenvalue weighted by molar-refractivity contribution is 0.0953. The number of amides is 1. The third-order valence-electron chi connectivity index (χ3n) is 3.93. The van der Waals surface area contributed by atoms with Crippen molar-refractivity contribution in [2.24, 2.45) is 7.05 Å². The Morgan fingerprint density at radius 1 is 1.17 bits per heavy atom. The monoisotopic (exact) mass is 317 g/mol. The summed E-state index contributed by atoms with van der Waals surface area (Å²) in [5, 5.41) is 7.31. The lowest BCUT2D eigenvalue weighted by Gasteiger charge is -2.09. The molecule has 0 radical (unpaired) electrons. The number of nitrogens with zero attached hydrogens (tertiary/aromatic N) is 2. The predicted octanol–water partition coefficient (Wildman–Crippen LogP) is 2.03. The number of benzene rings is 1. The molecule has 0 spiro atoms. The van der Waals surface area contributed by atoms with Crippen molar-refractivity contribution in [2.45, 2.75) is 20.3 Å². The van der Waals surface area contributed by atoms with E-state index >= 15 is 0 Å². The molecule has 0 saturated heterocycles. The first-order valence-electron chi connectivity index (χ1n) is 7.46. The highest BCUT2D eigenvalue weighted by molar-refractivity contribution is 5.95. The highest BCUT2D eigenvalue weighted by atomic mass is 16.5. The van der Waals surface area contributed by atoms with Crippen molar-refractivity contribution in [1.29, 1.82) is 0 Å². The summed E-state index contributed by atoms with van der Waals surface area (Å²) in [5.41, 5.74) is 3.82. The van der Waals surface area contributed by atoms with Crippen molar-refractivity contribution in [3.05, 3.63) is 40.7 Å². The lowest BCUT2D eigenvalue weighted by Crippen LogP contribution is -2.26. The van der Waals surface area contributed by atoms with Crippen LogP contribution < -0.4 is 14.8 Å². The Hall–Kier alpha value is -2.50. The molecule has 1 amide bonds. The first-order valence-corrected chi connectivity index (χ1v) is 7.46. The van der Waals surface area contributed by atoms with Gasteiger partial charge in [0, 0.05) is 30.9 Å². The number of ether oxygens (including phenoxy) is 2. The summed E-state index contributed by atoms with van der Waals surface area (Å²) in [6.07, 6.45) is 0.748. The Bertz CT molecular complexity index is 685. The first-order chi connectivity index (χ1) is 11.0. The molecular weight excluding hydrogens is 294 g/mol. The summed E-state index contributed by atoms with van der Waals surface area (Å²) in [7, 11) is 5.04. The van der Waals surface area contributed by atoms with Gasteiger partial charge in [0.25, 0.3) is 5.91 Å². The Morgan fingerprint density at radius 3 is 2.26 bits per heavy atom. The zero-order valence-electron chi connectivity index (χ0n) is 14.3. The molecule has 6 heteroatoms. The maximum absolute atomic E-state index is 12.3. The van der Waals surface area contributed by atoms with Gasteiger partial charge in [-0.25, -0.2) is 0 Å². The lowest BCUT2D eigenvalue weighted by atomic mass is 10.1. The van der Waals surface area contributed by atoms with Crippen molar-refractivity contribution < 1.29 is 14.3 Å². The van der Waals surface area contributed by atoms with Gasteiger partial charge in [-0.05, 0) is 38.0 Å². The molecular formula is C17H23N3O3. The quantitative estimate of drug-likeness (QED) is 0.885. The van der Waals surface area contributed by atoms with Crippen LogP contribution in [0.25, 0.3) is 0 Å². The molecule has 0 aliphatic rings. The molecule has 1 aromatic carbocycles. The zero-order valence-corrected chi connectivity index (χ0v) is 14.3. The largest absolute Gasteiger partial charge is 0.497 e. The van der Waals surface area contributed by atoms with Crippen molar-refractivity contribution in [2.75, 3.05) is 20.8 Å². The zero-order chi connectivity index (χ0) is 17.0. The van der Waals surface area contributed by atoms with E-state index in [2.05, 4.69) is 10.4 Å². The van der Waals surface area contributed by atoms with E-state index in [0.717, 1.165) is 17.8 Å². The van der Waals surface area contributed by atoms with Crippen molar-refractivity contribution in [1.82, 2.24) is 15.1 Å². The second-order valence-corrected chi connectivity index (χ2v) is 5.38. The number of hydrogen-bond acceptors (Lipinski definition) is 4. The van der Waals surface area contributed by atoms with Crippen LogP contribution in [0.1, 0.15) is 27.3 Å². The van der Waals surface area contributed by atoms with Crippen LogP contribution in [-0.2, 0) is 13.5 Å². The number of carbonyl (C=O) groups excluding carboxylic acids is 1. The first kappa shape index (κ1) is 16.9. The van der Waals surface area contributed by atoms with Gasteiger partial charge in [0.2, 0.25) is 0 Å². The fourth-order valence-electron chi connectivity index (χ4n) is 2.52. The Labute approximate surface area is 136 Å². The molecule has 0 unspecified atom stereocenters. The summed E-state index contributed by atoms with van der Waals surface area (Å²) >= 11 is 0. The van der Waals surface area contributed by atoms with Crippen molar-refractivity contribution >= 4 is 5.91 Å². The number of hydrogen-bond donors (Lipinski definition) is 1. The van der Waals surface area contributed by atoms with E-state index in [4.69, 9.17) is 9.47 Å². The minimum Gasteiger partial charge on any atom is -0.497 e. The molecule has 2 rings (SSSR count). The maximum atomic E-state index is 12.3. The summed E-state index contributed by atoms with van der Waals surface area (Å²) in [6, 6.07) is 5.12. The van der Waals surface area contributed by atoms with E-state index in [0.29, 0.717) is 23.6 Å². The normalized spacial score (nSPS) is 10.5. The fraction of sp³-hybridized carbons (Fsp3) is 0.412. The summed E-state index contributed by atoms with van der Waals surface area (Å²) < 4.78 is 12.2. The number of nitrogens with one attached hydrogen (secondary N) is 1. The van der Waals surface area contributed by atoms with Crippen LogP contribution in [-0.4, -0.2) is 36.5 Å². The molecule has 0 atom stereocenters. The molecule has 1 aromatic heterocycles. The smallest absolute Gasteiger partial charge is 0.251 e. The highest BCUT2D eigenvalue weighted by Gasteiger charge is 2.12. The van der Waals surface area contributed by atoms with E-state index in [-0.39, 0.29) is 5.91 Å². The molecule has 0 aliphatic carbocycles. The second-order valence-electron chi connectivity index (χ2n) is 5.38. The molecule has 0 aliphatic heterocycles. The van der Waals surface area contributed by atoms with Crippen LogP contribution in [0.5, 0.6) is 11.5 Å². The Morgan fingerprint density at radius 2 is 1.78 bits per heavy atom. The fourth-order valence-corrected chi connectivity index (χ4v) is 2.52. The minimum atomic E-state index is -0.151. The van der Waals surface area contributed by atoms with E-state index in [1.807, 2.05) is 25.6 Å². The van der Waals surface area contributed by atoms with Gasteiger partial charge in [-0.1, -0.05) is 0 Å². The van der Waals surface area contributed by atoms with Gasteiger partial charge in [0.15, 0.2) is 0 Å². The molecule has 0 bridgehead atoms. The predicted molar refractivity (Wildman–Crippen MR) is 88.3 cm³/mol. The molecule has 6 nitrogen and oxygen atoms in total. The van der Waals surface area contributed by atoms with E-state index in [1.54, 1.807) is 32.4 Å². The Balaban J connectivity index is 2.02. The number of carbonyl (C=O) groups is 1. The minimum absolute atomic E-state index is 0.151. The van der Waals surface area contributed by atoms with Crippen LogP contribution in [0, 0.1) is 13.8 Å². The van der Waals surface area contributed by atoms with Gasteiger partial charge in [-0.3, -0.25) is 9.48 Å². The van der Waals surface area contributed by atoms with Gasteiger partial charge in [0.1, 0.15) is 11.5 Å². The topological polar surface area (TPSA) is 65.4 Å². The molecule has 1 heterocycles. The Kier molecular flexibility index (Phi) is 5.26. The SMILES string of the molecule is COc1cc(OC)cc(C(=O)NCCc2c(C)nn(C)c2C)c1. The van der Waals surface area contributed by atoms with Gasteiger partial charge in [-0.15, -0.1) is 0 Å². The number of methoxy groups -OCH3 is 2. The van der Waals surface area contributed by atoms with E-state index in [9.17, 15) is 4.79 Å². The third kappa shape index (κ3) is 3.83. The number of aryl methyl sites for hydroxylation is 2. The van der Waals surface area contributed by atoms with Crippen LogP contribution in [0.3, 0.4) is 0 Å². The maximum Gasteiger partial charge on any atom is 0.251 e. The number of rotatable bonds is 6. The molecule has 2 aromatic rings. The van der Waals surface area contributed by atoms with Crippen LogP contribution >= 0.6 is 0 Å².